The van der Waals surface area contributed by atoms with Crippen LogP contribution in [0.1, 0.15) is 32.8 Å². The van der Waals surface area contributed by atoms with E-state index in [1.165, 1.54) is 6.07 Å². The van der Waals surface area contributed by atoms with E-state index >= 15 is 0 Å². The van der Waals surface area contributed by atoms with Gasteiger partial charge in [0.1, 0.15) is 0 Å². The van der Waals surface area contributed by atoms with E-state index in [1.807, 2.05) is 25.7 Å². The molecule has 1 heterocycles. The first-order valence-corrected chi connectivity index (χ1v) is 6.83. The third-order valence-corrected chi connectivity index (χ3v) is 3.83. The van der Waals surface area contributed by atoms with Crippen LogP contribution >= 0.6 is 0 Å². The largest absolute Gasteiger partial charge is 0.352 e. The number of amides is 1. The molecular formula is C15H20F2N2O. The Balaban J connectivity index is 2.06. The zero-order valence-corrected chi connectivity index (χ0v) is 12.0. The first kappa shape index (κ1) is 14.9. The number of carbonyl (C=O) groups excluding carboxylic acids is 1. The number of rotatable bonds is 4. The summed E-state index contributed by atoms with van der Waals surface area (Å²) in [5, 5.41) is 2.91. The van der Waals surface area contributed by atoms with Crippen molar-refractivity contribution in [3.8, 4) is 0 Å². The van der Waals surface area contributed by atoms with Gasteiger partial charge in [0.2, 0.25) is 5.91 Å². The molecule has 0 bridgehead atoms. The molecule has 1 saturated heterocycles. The maximum atomic E-state index is 13.2. The Morgan fingerprint density at radius 1 is 1.40 bits per heavy atom. The fourth-order valence-electron chi connectivity index (χ4n) is 2.39. The topological polar surface area (TPSA) is 32.3 Å². The molecule has 1 N–H and O–H groups in total. The molecule has 1 fully saturated rings. The van der Waals surface area contributed by atoms with E-state index in [2.05, 4.69) is 5.32 Å². The molecule has 0 spiro atoms. The molecule has 0 aromatic heterocycles. The third-order valence-electron chi connectivity index (χ3n) is 3.83. The minimum absolute atomic E-state index is 0.0127. The summed E-state index contributed by atoms with van der Waals surface area (Å²) >= 11 is 0. The average Bonchev–Trinajstić information content (AvgIpc) is 2.37. The van der Waals surface area contributed by atoms with Crippen molar-refractivity contribution in [2.45, 2.75) is 45.3 Å². The van der Waals surface area contributed by atoms with Gasteiger partial charge in [-0.1, -0.05) is 6.07 Å². The van der Waals surface area contributed by atoms with Crippen LogP contribution in [0.5, 0.6) is 0 Å². The van der Waals surface area contributed by atoms with Gasteiger partial charge in [0.05, 0.1) is 5.54 Å². The van der Waals surface area contributed by atoms with Crippen molar-refractivity contribution in [2.75, 3.05) is 6.54 Å². The number of hydrogen-bond acceptors (Lipinski definition) is 2. The van der Waals surface area contributed by atoms with Crippen molar-refractivity contribution < 1.29 is 13.6 Å². The molecule has 1 aromatic rings. The summed E-state index contributed by atoms with van der Waals surface area (Å²) in [6.45, 7) is 6.94. The second-order valence-electron chi connectivity index (χ2n) is 5.82. The highest BCUT2D eigenvalue weighted by molar-refractivity contribution is 5.87. The first-order valence-electron chi connectivity index (χ1n) is 6.83. The summed E-state index contributed by atoms with van der Waals surface area (Å²) in [5.74, 6) is -1.71. The molecule has 1 aliphatic rings. The van der Waals surface area contributed by atoms with Gasteiger partial charge in [-0.05, 0) is 44.9 Å². The van der Waals surface area contributed by atoms with E-state index in [-0.39, 0.29) is 11.9 Å². The lowest BCUT2D eigenvalue weighted by atomic mass is 9.85. The molecule has 1 amide bonds. The number of benzene rings is 1. The zero-order valence-electron chi connectivity index (χ0n) is 12.0. The zero-order chi connectivity index (χ0) is 14.9. The highest BCUT2D eigenvalue weighted by Gasteiger charge is 2.46. The summed E-state index contributed by atoms with van der Waals surface area (Å²) < 4.78 is 26.1. The van der Waals surface area contributed by atoms with Crippen LogP contribution in [0.3, 0.4) is 0 Å². The van der Waals surface area contributed by atoms with Gasteiger partial charge in [0, 0.05) is 19.1 Å². The Hall–Kier alpha value is -1.49. The lowest BCUT2D eigenvalue weighted by Crippen LogP contribution is -2.65. The van der Waals surface area contributed by atoms with Gasteiger partial charge in [-0.15, -0.1) is 0 Å². The van der Waals surface area contributed by atoms with E-state index in [9.17, 15) is 13.6 Å². The van der Waals surface area contributed by atoms with Gasteiger partial charge in [-0.25, -0.2) is 8.78 Å². The molecule has 1 aromatic carbocycles. The summed E-state index contributed by atoms with van der Waals surface area (Å²) in [6.07, 6.45) is 0.773. The van der Waals surface area contributed by atoms with Crippen molar-refractivity contribution in [1.29, 1.82) is 0 Å². The third kappa shape index (κ3) is 2.82. The molecule has 2 rings (SSSR count). The van der Waals surface area contributed by atoms with Crippen LogP contribution in [0, 0.1) is 11.6 Å². The molecule has 0 radical (unpaired) electrons. The van der Waals surface area contributed by atoms with Crippen LogP contribution in [0.15, 0.2) is 18.2 Å². The van der Waals surface area contributed by atoms with E-state index < -0.39 is 17.2 Å². The standard InChI is InChI=1S/C15H20F2N2O/c1-10(2)18-14(20)15(3)6-7-19(15)9-11-4-5-12(16)13(17)8-11/h4-5,8,10H,6-7,9H2,1-3H3,(H,18,20). The quantitative estimate of drug-likeness (QED) is 0.920. The molecule has 1 unspecified atom stereocenters. The van der Waals surface area contributed by atoms with Crippen molar-refractivity contribution >= 4 is 5.91 Å². The highest BCUT2D eigenvalue weighted by atomic mass is 19.2. The molecule has 20 heavy (non-hydrogen) atoms. The van der Waals surface area contributed by atoms with Crippen molar-refractivity contribution in [3.63, 3.8) is 0 Å². The van der Waals surface area contributed by atoms with E-state index in [1.54, 1.807) is 6.07 Å². The van der Waals surface area contributed by atoms with Crippen LogP contribution in [0.25, 0.3) is 0 Å². The number of hydrogen-bond donors (Lipinski definition) is 1. The van der Waals surface area contributed by atoms with Crippen LogP contribution in [0.2, 0.25) is 0 Å². The van der Waals surface area contributed by atoms with Crippen molar-refractivity contribution in [3.05, 3.63) is 35.4 Å². The van der Waals surface area contributed by atoms with Crippen LogP contribution < -0.4 is 5.32 Å². The Labute approximate surface area is 118 Å². The molecule has 5 heteroatoms. The molecule has 0 saturated carbocycles. The van der Waals surface area contributed by atoms with Gasteiger partial charge in [-0.3, -0.25) is 9.69 Å². The molecule has 1 atom stereocenters. The predicted octanol–water partition coefficient (Wildman–Crippen LogP) is 2.45. The first-order chi connectivity index (χ1) is 9.33. The molecule has 1 aliphatic heterocycles. The molecule has 0 aliphatic carbocycles. The summed E-state index contributed by atoms with van der Waals surface area (Å²) in [6, 6.07) is 3.95. The second kappa shape index (κ2) is 5.48. The number of halogens is 2. The van der Waals surface area contributed by atoms with E-state index in [0.29, 0.717) is 12.1 Å². The highest BCUT2D eigenvalue weighted by Crippen LogP contribution is 2.32. The van der Waals surface area contributed by atoms with Gasteiger partial charge in [0.15, 0.2) is 11.6 Å². The fraction of sp³-hybridized carbons (Fsp3) is 0.533. The van der Waals surface area contributed by atoms with Gasteiger partial charge >= 0.3 is 0 Å². The summed E-state index contributed by atoms with van der Waals surface area (Å²) in [5.41, 5.74) is 0.113. The lowest BCUT2D eigenvalue weighted by molar-refractivity contribution is -0.142. The van der Waals surface area contributed by atoms with Crippen LogP contribution in [0.4, 0.5) is 8.78 Å². The van der Waals surface area contributed by atoms with Crippen molar-refractivity contribution in [2.24, 2.45) is 0 Å². The normalized spacial score (nSPS) is 22.7. The average molecular weight is 282 g/mol. The minimum atomic E-state index is -0.851. The monoisotopic (exact) mass is 282 g/mol. The summed E-state index contributed by atoms with van der Waals surface area (Å²) in [7, 11) is 0. The molecule has 110 valence electrons. The van der Waals surface area contributed by atoms with Crippen LogP contribution in [-0.4, -0.2) is 28.9 Å². The van der Waals surface area contributed by atoms with Crippen LogP contribution in [-0.2, 0) is 11.3 Å². The van der Waals surface area contributed by atoms with Gasteiger partial charge < -0.3 is 5.32 Å². The van der Waals surface area contributed by atoms with Crippen molar-refractivity contribution in [1.82, 2.24) is 10.2 Å². The van der Waals surface area contributed by atoms with E-state index in [4.69, 9.17) is 0 Å². The Bertz CT molecular complexity index is 519. The van der Waals surface area contributed by atoms with Gasteiger partial charge in [0.25, 0.3) is 0 Å². The number of likely N-dealkylation sites (tertiary alicyclic amines) is 1. The number of nitrogens with zero attached hydrogens (tertiary/aromatic N) is 1. The minimum Gasteiger partial charge on any atom is -0.352 e. The number of nitrogens with one attached hydrogen (secondary N) is 1. The van der Waals surface area contributed by atoms with E-state index in [0.717, 1.165) is 19.0 Å². The number of carbonyl (C=O) groups is 1. The molecule has 3 nitrogen and oxygen atoms in total. The Morgan fingerprint density at radius 2 is 2.10 bits per heavy atom. The van der Waals surface area contributed by atoms with Gasteiger partial charge in [-0.2, -0.15) is 0 Å². The Kier molecular flexibility index (Phi) is 4.09. The maximum Gasteiger partial charge on any atom is 0.240 e. The fourth-order valence-corrected chi connectivity index (χ4v) is 2.39. The smallest absolute Gasteiger partial charge is 0.240 e. The predicted molar refractivity (Wildman–Crippen MR) is 73.1 cm³/mol. The molecular weight excluding hydrogens is 262 g/mol. The Morgan fingerprint density at radius 3 is 2.60 bits per heavy atom. The SMILES string of the molecule is CC(C)NC(=O)C1(C)CCN1Cc1ccc(F)c(F)c1. The maximum absolute atomic E-state index is 13.2. The lowest BCUT2D eigenvalue weighted by Gasteiger charge is -2.49. The summed E-state index contributed by atoms with van der Waals surface area (Å²) in [4.78, 5) is 14.2. The second-order valence-corrected chi connectivity index (χ2v) is 5.82.